The third-order valence-corrected chi connectivity index (χ3v) is 4.26. The summed E-state index contributed by atoms with van der Waals surface area (Å²) in [6.07, 6.45) is 0. The maximum atomic E-state index is 11.5. The fourth-order valence-electron chi connectivity index (χ4n) is 2.12. The normalized spacial score (nSPS) is 12.0. The molecule has 0 spiro atoms. The fourth-order valence-corrected chi connectivity index (χ4v) is 3.05. The van der Waals surface area contributed by atoms with Gasteiger partial charge in [-0.15, -0.1) is 11.3 Å². The van der Waals surface area contributed by atoms with E-state index in [1.165, 1.54) is 12.0 Å². The standard InChI is InChI=1S/C15H18N2O2S/c1-9-14(20-11(3)16-9)10(2)17-13-7-5-6-12(8-13)15(18)19-4/h5-8,10,17H,1-4H3. The number of carbonyl (C=O) groups excluding carboxylic acids is 1. The molecule has 1 heterocycles. The highest BCUT2D eigenvalue weighted by Crippen LogP contribution is 2.27. The molecule has 5 heteroatoms. The lowest BCUT2D eigenvalue weighted by atomic mass is 10.1. The molecule has 0 radical (unpaired) electrons. The Balaban J connectivity index is 2.17. The molecular formula is C15H18N2O2S. The van der Waals surface area contributed by atoms with E-state index in [0.717, 1.165) is 16.4 Å². The molecule has 0 aliphatic carbocycles. The molecule has 1 aromatic heterocycles. The first-order chi connectivity index (χ1) is 9.51. The summed E-state index contributed by atoms with van der Waals surface area (Å²) >= 11 is 1.69. The Morgan fingerprint density at radius 3 is 2.75 bits per heavy atom. The molecule has 1 N–H and O–H groups in total. The SMILES string of the molecule is COC(=O)c1cccc(NC(C)c2sc(C)nc2C)c1. The number of methoxy groups -OCH3 is 1. The first-order valence-electron chi connectivity index (χ1n) is 6.40. The van der Waals surface area contributed by atoms with Gasteiger partial charge in [0.2, 0.25) is 0 Å². The van der Waals surface area contributed by atoms with Gasteiger partial charge in [-0.25, -0.2) is 9.78 Å². The summed E-state index contributed by atoms with van der Waals surface area (Å²) in [6, 6.07) is 7.46. The van der Waals surface area contributed by atoms with Crippen LogP contribution in [0.25, 0.3) is 0 Å². The van der Waals surface area contributed by atoms with Crippen LogP contribution in [-0.2, 0) is 4.74 Å². The molecule has 106 valence electrons. The van der Waals surface area contributed by atoms with Gasteiger partial charge in [0, 0.05) is 10.6 Å². The van der Waals surface area contributed by atoms with Gasteiger partial charge in [-0.3, -0.25) is 0 Å². The predicted octanol–water partition coefficient (Wildman–Crippen LogP) is 3.72. The van der Waals surface area contributed by atoms with Gasteiger partial charge < -0.3 is 10.1 Å². The van der Waals surface area contributed by atoms with Crippen LogP contribution in [0.15, 0.2) is 24.3 Å². The number of aryl methyl sites for hydroxylation is 2. The van der Waals surface area contributed by atoms with E-state index in [9.17, 15) is 4.79 Å². The molecule has 0 saturated carbocycles. The summed E-state index contributed by atoms with van der Waals surface area (Å²) in [4.78, 5) is 17.2. The number of thiazole rings is 1. The van der Waals surface area contributed by atoms with Crippen LogP contribution in [-0.4, -0.2) is 18.1 Å². The third-order valence-electron chi connectivity index (χ3n) is 3.00. The Hall–Kier alpha value is -1.88. The molecule has 4 nitrogen and oxygen atoms in total. The van der Waals surface area contributed by atoms with Crippen molar-refractivity contribution in [3.05, 3.63) is 45.4 Å². The Bertz CT molecular complexity index is 622. The van der Waals surface area contributed by atoms with Gasteiger partial charge >= 0.3 is 5.97 Å². The van der Waals surface area contributed by atoms with Gasteiger partial charge in [0.25, 0.3) is 0 Å². The van der Waals surface area contributed by atoms with Crippen molar-refractivity contribution in [2.24, 2.45) is 0 Å². The van der Waals surface area contributed by atoms with Crippen LogP contribution in [0.2, 0.25) is 0 Å². The summed E-state index contributed by atoms with van der Waals surface area (Å²) in [7, 11) is 1.38. The Labute approximate surface area is 122 Å². The molecule has 2 aromatic rings. The van der Waals surface area contributed by atoms with Gasteiger partial charge in [-0.1, -0.05) is 6.07 Å². The lowest BCUT2D eigenvalue weighted by molar-refractivity contribution is 0.0601. The highest BCUT2D eigenvalue weighted by atomic mass is 32.1. The zero-order valence-corrected chi connectivity index (χ0v) is 12.9. The minimum absolute atomic E-state index is 0.147. The fraction of sp³-hybridized carbons (Fsp3) is 0.333. The highest BCUT2D eigenvalue weighted by Gasteiger charge is 2.13. The van der Waals surface area contributed by atoms with Crippen molar-refractivity contribution in [1.29, 1.82) is 0 Å². The van der Waals surface area contributed by atoms with Gasteiger partial charge in [-0.2, -0.15) is 0 Å². The van der Waals surface area contributed by atoms with E-state index in [-0.39, 0.29) is 12.0 Å². The number of ether oxygens (including phenoxy) is 1. The minimum atomic E-state index is -0.328. The molecule has 0 fully saturated rings. The number of hydrogen-bond donors (Lipinski definition) is 1. The number of aromatic nitrogens is 1. The average Bonchev–Trinajstić information content (AvgIpc) is 2.77. The van der Waals surface area contributed by atoms with E-state index in [2.05, 4.69) is 17.2 Å². The molecule has 2 rings (SSSR count). The van der Waals surface area contributed by atoms with Crippen molar-refractivity contribution >= 4 is 23.0 Å². The molecule has 0 aliphatic rings. The number of nitrogens with zero attached hydrogens (tertiary/aromatic N) is 1. The second-order valence-electron chi connectivity index (χ2n) is 4.62. The van der Waals surface area contributed by atoms with E-state index in [4.69, 9.17) is 4.74 Å². The topological polar surface area (TPSA) is 51.2 Å². The second-order valence-corrected chi connectivity index (χ2v) is 5.86. The van der Waals surface area contributed by atoms with Crippen molar-refractivity contribution in [2.75, 3.05) is 12.4 Å². The summed E-state index contributed by atoms with van der Waals surface area (Å²) in [5.74, 6) is -0.328. The molecule has 1 aromatic carbocycles. The van der Waals surface area contributed by atoms with E-state index in [1.807, 2.05) is 26.0 Å². The molecule has 1 unspecified atom stereocenters. The number of hydrogen-bond acceptors (Lipinski definition) is 5. The Morgan fingerprint density at radius 2 is 2.15 bits per heavy atom. The van der Waals surface area contributed by atoms with Gasteiger partial charge in [0.15, 0.2) is 0 Å². The van der Waals surface area contributed by atoms with Gasteiger partial charge in [-0.05, 0) is 39.0 Å². The summed E-state index contributed by atoms with van der Waals surface area (Å²) in [5, 5.41) is 4.46. The molecular weight excluding hydrogens is 272 g/mol. The molecule has 1 atom stereocenters. The average molecular weight is 290 g/mol. The number of benzene rings is 1. The molecule has 0 aliphatic heterocycles. The Morgan fingerprint density at radius 1 is 1.40 bits per heavy atom. The van der Waals surface area contributed by atoms with Crippen LogP contribution < -0.4 is 5.32 Å². The van der Waals surface area contributed by atoms with Crippen LogP contribution in [0, 0.1) is 13.8 Å². The first-order valence-corrected chi connectivity index (χ1v) is 7.21. The van der Waals surface area contributed by atoms with Crippen LogP contribution in [0.4, 0.5) is 5.69 Å². The highest BCUT2D eigenvalue weighted by molar-refractivity contribution is 7.11. The molecule has 20 heavy (non-hydrogen) atoms. The van der Waals surface area contributed by atoms with Crippen molar-refractivity contribution in [1.82, 2.24) is 4.98 Å². The molecule has 0 saturated heterocycles. The number of esters is 1. The maximum Gasteiger partial charge on any atom is 0.337 e. The summed E-state index contributed by atoms with van der Waals surface area (Å²) in [6.45, 7) is 6.11. The van der Waals surface area contributed by atoms with Crippen molar-refractivity contribution in [3.8, 4) is 0 Å². The van der Waals surface area contributed by atoms with Crippen LogP contribution in [0.3, 0.4) is 0 Å². The quantitative estimate of drug-likeness (QED) is 0.872. The van der Waals surface area contributed by atoms with Gasteiger partial charge in [0.1, 0.15) is 0 Å². The smallest absolute Gasteiger partial charge is 0.337 e. The molecule has 0 bridgehead atoms. The first kappa shape index (κ1) is 14.5. The van der Waals surface area contributed by atoms with Gasteiger partial charge in [0.05, 0.1) is 29.4 Å². The Kier molecular flexibility index (Phi) is 4.39. The second kappa shape index (κ2) is 6.05. The minimum Gasteiger partial charge on any atom is -0.465 e. The zero-order valence-electron chi connectivity index (χ0n) is 12.1. The van der Waals surface area contributed by atoms with Crippen LogP contribution >= 0.6 is 11.3 Å². The van der Waals surface area contributed by atoms with E-state index in [1.54, 1.807) is 23.5 Å². The maximum absolute atomic E-state index is 11.5. The summed E-state index contributed by atoms with van der Waals surface area (Å²) < 4.78 is 4.73. The number of nitrogens with one attached hydrogen (secondary N) is 1. The zero-order chi connectivity index (χ0) is 14.7. The van der Waals surface area contributed by atoms with Crippen molar-refractivity contribution in [2.45, 2.75) is 26.8 Å². The number of anilines is 1. The molecule has 0 amide bonds. The predicted molar refractivity (Wildman–Crippen MR) is 81.4 cm³/mol. The summed E-state index contributed by atoms with van der Waals surface area (Å²) in [5.41, 5.74) is 2.49. The number of rotatable bonds is 4. The van der Waals surface area contributed by atoms with Crippen molar-refractivity contribution < 1.29 is 9.53 Å². The van der Waals surface area contributed by atoms with E-state index in [0.29, 0.717) is 5.56 Å². The lowest BCUT2D eigenvalue weighted by Gasteiger charge is -2.15. The van der Waals surface area contributed by atoms with E-state index >= 15 is 0 Å². The largest absolute Gasteiger partial charge is 0.465 e. The lowest BCUT2D eigenvalue weighted by Crippen LogP contribution is -2.08. The van der Waals surface area contributed by atoms with Crippen LogP contribution in [0.1, 0.15) is 38.9 Å². The van der Waals surface area contributed by atoms with Crippen LogP contribution in [0.5, 0.6) is 0 Å². The van der Waals surface area contributed by atoms with E-state index < -0.39 is 0 Å². The number of carbonyl (C=O) groups is 1. The monoisotopic (exact) mass is 290 g/mol. The van der Waals surface area contributed by atoms with Crippen molar-refractivity contribution in [3.63, 3.8) is 0 Å². The third kappa shape index (κ3) is 3.17.